The van der Waals surface area contributed by atoms with Crippen LogP contribution in [-0.2, 0) is 6.18 Å². The van der Waals surface area contributed by atoms with E-state index in [9.17, 15) is 17.6 Å². The molecule has 1 aliphatic heterocycles. The molecule has 1 aromatic carbocycles. The Hall–Kier alpha value is -0.850. The number of benzene rings is 1. The van der Waals surface area contributed by atoms with Crippen molar-refractivity contribution >= 4 is 12.4 Å². The number of alkyl halides is 3. The van der Waals surface area contributed by atoms with Gasteiger partial charge in [-0.1, -0.05) is 12.8 Å². The highest BCUT2D eigenvalue weighted by Gasteiger charge is 2.36. The molecule has 1 aliphatic carbocycles. The number of halogens is 5. The van der Waals surface area contributed by atoms with E-state index in [-0.39, 0.29) is 18.4 Å². The molecule has 0 bridgehead atoms. The lowest BCUT2D eigenvalue weighted by Gasteiger charge is -2.39. The van der Waals surface area contributed by atoms with Gasteiger partial charge in [0.05, 0.1) is 5.56 Å². The lowest BCUT2D eigenvalue weighted by atomic mass is 9.88. The molecule has 1 atom stereocenters. The average Bonchev–Trinajstić information content (AvgIpc) is 3.01. The van der Waals surface area contributed by atoms with Crippen LogP contribution < -0.4 is 5.32 Å². The van der Waals surface area contributed by atoms with E-state index in [1.165, 1.54) is 6.07 Å². The summed E-state index contributed by atoms with van der Waals surface area (Å²) in [4.78, 5) is 2.22. The minimum atomic E-state index is -4.51. The molecule has 2 fully saturated rings. The lowest BCUT2D eigenvalue weighted by molar-refractivity contribution is -0.137. The van der Waals surface area contributed by atoms with Crippen LogP contribution in [0.3, 0.4) is 0 Å². The standard InChI is InChI=1S/C17H22F4N2.ClH/c18-15-10-13(9-14(11-15)17(19,20)21)16(12-3-1-2-4-12)23-7-5-22-6-8-23;/h9-12,16,22H,1-8H2;1H/t16-;/m1./s1. The van der Waals surface area contributed by atoms with Crippen LogP contribution in [0, 0.1) is 11.7 Å². The fourth-order valence-electron chi connectivity index (χ4n) is 3.96. The van der Waals surface area contributed by atoms with Gasteiger partial charge in [0.15, 0.2) is 0 Å². The van der Waals surface area contributed by atoms with E-state index < -0.39 is 17.6 Å². The van der Waals surface area contributed by atoms with Crippen molar-refractivity contribution in [3.05, 3.63) is 35.1 Å². The molecule has 1 saturated heterocycles. The molecular formula is C17H23ClF4N2. The summed E-state index contributed by atoms with van der Waals surface area (Å²) in [6.07, 6.45) is -0.289. The molecule has 0 radical (unpaired) electrons. The van der Waals surface area contributed by atoms with E-state index >= 15 is 0 Å². The van der Waals surface area contributed by atoms with Gasteiger partial charge in [-0.3, -0.25) is 4.90 Å². The zero-order chi connectivity index (χ0) is 16.4. The van der Waals surface area contributed by atoms with Gasteiger partial charge < -0.3 is 5.32 Å². The maximum atomic E-state index is 13.8. The fraction of sp³-hybridized carbons (Fsp3) is 0.647. The molecule has 1 saturated carbocycles. The summed E-state index contributed by atoms with van der Waals surface area (Å²) in [5, 5.41) is 3.26. The van der Waals surface area contributed by atoms with Crippen molar-refractivity contribution in [1.29, 1.82) is 0 Å². The number of nitrogens with zero attached hydrogens (tertiary/aromatic N) is 1. The van der Waals surface area contributed by atoms with Gasteiger partial charge in [0, 0.05) is 32.2 Å². The third-order valence-corrected chi connectivity index (χ3v) is 4.98. The SMILES string of the molecule is Cl.Fc1cc([C@@H](C2CCCC2)N2CCNCC2)cc(C(F)(F)F)c1. The molecule has 0 amide bonds. The normalized spacial score (nSPS) is 21.5. The van der Waals surface area contributed by atoms with E-state index in [0.717, 1.165) is 57.9 Å². The Kier molecular flexibility index (Phi) is 6.51. The van der Waals surface area contributed by atoms with Gasteiger partial charge in [0.2, 0.25) is 0 Å². The van der Waals surface area contributed by atoms with E-state index in [1.807, 2.05) is 0 Å². The van der Waals surface area contributed by atoms with E-state index in [2.05, 4.69) is 10.2 Å². The number of nitrogens with one attached hydrogen (secondary N) is 1. The van der Waals surface area contributed by atoms with Crippen LogP contribution in [0.15, 0.2) is 18.2 Å². The first-order valence-electron chi connectivity index (χ1n) is 8.27. The van der Waals surface area contributed by atoms with Crippen molar-refractivity contribution in [2.45, 2.75) is 37.9 Å². The molecule has 1 N–H and O–H groups in total. The first kappa shape index (κ1) is 19.5. The molecule has 2 aliphatic rings. The lowest BCUT2D eigenvalue weighted by Crippen LogP contribution is -2.46. The fourth-order valence-corrected chi connectivity index (χ4v) is 3.96. The van der Waals surface area contributed by atoms with Crippen molar-refractivity contribution < 1.29 is 17.6 Å². The van der Waals surface area contributed by atoms with Crippen LogP contribution in [0.5, 0.6) is 0 Å². The van der Waals surface area contributed by atoms with Gasteiger partial charge in [-0.05, 0) is 42.5 Å². The molecule has 136 valence electrons. The second-order valence-corrected chi connectivity index (χ2v) is 6.55. The summed E-state index contributed by atoms with van der Waals surface area (Å²) < 4.78 is 53.0. The second-order valence-electron chi connectivity index (χ2n) is 6.55. The molecule has 3 rings (SSSR count). The number of hydrogen-bond acceptors (Lipinski definition) is 2. The molecule has 1 heterocycles. The highest BCUT2D eigenvalue weighted by atomic mass is 35.5. The Labute approximate surface area is 146 Å². The van der Waals surface area contributed by atoms with Gasteiger partial charge in [0.1, 0.15) is 5.82 Å². The molecule has 0 spiro atoms. The molecule has 24 heavy (non-hydrogen) atoms. The Bertz CT molecular complexity index is 538. The molecule has 0 unspecified atom stereocenters. The van der Waals surface area contributed by atoms with Crippen molar-refractivity contribution in [1.82, 2.24) is 10.2 Å². The van der Waals surface area contributed by atoms with Crippen molar-refractivity contribution in [2.24, 2.45) is 5.92 Å². The van der Waals surface area contributed by atoms with Crippen molar-refractivity contribution in [2.75, 3.05) is 26.2 Å². The summed E-state index contributed by atoms with van der Waals surface area (Å²) in [6, 6.07) is 2.91. The van der Waals surface area contributed by atoms with Crippen LogP contribution in [-0.4, -0.2) is 31.1 Å². The summed E-state index contributed by atoms with van der Waals surface area (Å²) in [7, 11) is 0. The first-order valence-corrected chi connectivity index (χ1v) is 8.27. The highest BCUT2D eigenvalue weighted by Crippen LogP contribution is 2.41. The Morgan fingerprint density at radius 3 is 2.25 bits per heavy atom. The topological polar surface area (TPSA) is 15.3 Å². The highest BCUT2D eigenvalue weighted by molar-refractivity contribution is 5.85. The minimum absolute atomic E-state index is 0. The summed E-state index contributed by atoms with van der Waals surface area (Å²) >= 11 is 0. The number of rotatable bonds is 3. The Morgan fingerprint density at radius 1 is 1.04 bits per heavy atom. The number of piperazine rings is 1. The third kappa shape index (κ3) is 4.41. The summed E-state index contributed by atoms with van der Waals surface area (Å²) in [5.74, 6) is -0.482. The average molecular weight is 367 g/mol. The van der Waals surface area contributed by atoms with E-state index in [0.29, 0.717) is 17.5 Å². The zero-order valence-corrected chi connectivity index (χ0v) is 14.2. The van der Waals surface area contributed by atoms with Crippen LogP contribution in [0.4, 0.5) is 17.6 Å². The van der Waals surface area contributed by atoms with Gasteiger partial charge in [-0.2, -0.15) is 13.2 Å². The van der Waals surface area contributed by atoms with Crippen molar-refractivity contribution in [3.8, 4) is 0 Å². The molecule has 1 aromatic rings. The monoisotopic (exact) mass is 366 g/mol. The van der Waals surface area contributed by atoms with E-state index in [4.69, 9.17) is 0 Å². The van der Waals surface area contributed by atoms with Crippen LogP contribution in [0.2, 0.25) is 0 Å². The van der Waals surface area contributed by atoms with Gasteiger partial charge in [-0.15, -0.1) is 12.4 Å². The summed E-state index contributed by atoms with van der Waals surface area (Å²) in [5.41, 5.74) is -0.406. The van der Waals surface area contributed by atoms with Gasteiger partial charge in [-0.25, -0.2) is 4.39 Å². The molecule has 2 nitrogen and oxygen atoms in total. The molecular weight excluding hydrogens is 344 g/mol. The second kappa shape index (κ2) is 8.02. The van der Waals surface area contributed by atoms with Gasteiger partial charge in [0.25, 0.3) is 0 Å². The van der Waals surface area contributed by atoms with Crippen LogP contribution in [0.25, 0.3) is 0 Å². The predicted molar refractivity (Wildman–Crippen MR) is 87.8 cm³/mol. The maximum Gasteiger partial charge on any atom is 0.416 e. The first-order chi connectivity index (χ1) is 10.9. The Morgan fingerprint density at radius 2 is 1.67 bits per heavy atom. The zero-order valence-electron chi connectivity index (χ0n) is 13.4. The molecule has 7 heteroatoms. The number of hydrogen-bond donors (Lipinski definition) is 1. The minimum Gasteiger partial charge on any atom is -0.314 e. The van der Waals surface area contributed by atoms with Crippen molar-refractivity contribution in [3.63, 3.8) is 0 Å². The molecule has 0 aromatic heterocycles. The van der Waals surface area contributed by atoms with Crippen LogP contribution >= 0.6 is 12.4 Å². The Balaban J connectivity index is 0.00000208. The van der Waals surface area contributed by atoms with Gasteiger partial charge >= 0.3 is 6.18 Å². The summed E-state index contributed by atoms with van der Waals surface area (Å²) in [6.45, 7) is 3.23. The largest absolute Gasteiger partial charge is 0.416 e. The quantitative estimate of drug-likeness (QED) is 0.797. The van der Waals surface area contributed by atoms with Crippen LogP contribution in [0.1, 0.15) is 42.9 Å². The maximum absolute atomic E-state index is 13.8. The third-order valence-electron chi connectivity index (χ3n) is 4.98. The predicted octanol–water partition coefficient (Wildman–Crippen LogP) is 4.40. The smallest absolute Gasteiger partial charge is 0.314 e. The van der Waals surface area contributed by atoms with E-state index in [1.54, 1.807) is 0 Å².